The molecule has 0 unspecified atom stereocenters. The number of nitrogens with zero attached hydrogens (tertiary/aromatic N) is 1. The second kappa shape index (κ2) is 11.7. The van der Waals surface area contributed by atoms with Crippen LogP contribution in [0.2, 0.25) is 0 Å². The molecule has 0 saturated carbocycles. The van der Waals surface area contributed by atoms with E-state index in [1.807, 2.05) is 6.07 Å². The van der Waals surface area contributed by atoms with Gasteiger partial charge in [0, 0.05) is 0 Å². The molecule has 0 amide bonds. The number of hydrogen-bond donors (Lipinski definition) is 2. The van der Waals surface area contributed by atoms with Crippen LogP contribution in [-0.4, -0.2) is 40.7 Å². The number of rotatable bonds is 10. The van der Waals surface area contributed by atoms with E-state index in [2.05, 4.69) is 14.7 Å². The lowest BCUT2D eigenvalue weighted by molar-refractivity contribution is -0.156. The van der Waals surface area contributed by atoms with Crippen LogP contribution in [0.1, 0.15) is 31.9 Å². The normalized spacial score (nSPS) is 13.3. The van der Waals surface area contributed by atoms with E-state index >= 15 is 0 Å². The number of esters is 1. The van der Waals surface area contributed by atoms with Crippen LogP contribution in [-0.2, 0) is 36.0 Å². The number of benzene rings is 3. The van der Waals surface area contributed by atoms with Crippen molar-refractivity contribution in [1.82, 2.24) is 9.55 Å². The molecule has 1 atom stereocenters. The second-order valence-electron chi connectivity index (χ2n) is 9.13. The van der Waals surface area contributed by atoms with Gasteiger partial charge in [-0.25, -0.2) is 13.2 Å². The summed E-state index contributed by atoms with van der Waals surface area (Å²) in [5.74, 6) is -0.686. The van der Waals surface area contributed by atoms with Crippen LogP contribution in [0.3, 0.4) is 0 Å². The standard InChI is InChI=1S/C26H29N3O6S2/c1-26(2,3)35-25(30)24(18-20-10-6-4-7-11-20)28-36(31,32)23-16-14-21(15-17-23)19-27-29-37(33,34)22-12-8-5-9-13-22/h4-17,19,24,28-29H,18H2,1-3H3/b27-19+/t24-/m1/s1. The fraction of sp³-hybridized carbons (Fsp3) is 0.231. The molecule has 9 nitrogen and oxygen atoms in total. The average molecular weight is 544 g/mol. The van der Waals surface area contributed by atoms with Gasteiger partial charge >= 0.3 is 5.97 Å². The molecule has 11 heteroatoms. The van der Waals surface area contributed by atoms with Crippen molar-refractivity contribution >= 4 is 32.2 Å². The third-order valence-corrected chi connectivity index (χ3v) is 7.63. The number of carbonyl (C=O) groups is 1. The third-order valence-electron chi connectivity index (χ3n) is 4.90. The summed E-state index contributed by atoms with van der Waals surface area (Å²) >= 11 is 0. The maximum atomic E-state index is 13.1. The Morgan fingerprint density at radius 1 is 0.838 bits per heavy atom. The van der Waals surface area contributed by atoms with Gasteiger partial charge in [-0.15, -0.1) is 0 Å². The lowest BCUT2D eigenvalue weighted by atomic mass is 10.1. The zero-order valence-corrected chi connectivity index (χ0v) is 22.3. The molecule has 3 rings (SSSR count). The van der Waals surface area contributed by atoms with E-state index in [0.717, 1.165) is 5.56 Å². The maximum absolute atomic E-state index is 13.1. The van der Waals surface area contributed by atoms with Crippen molar-refractivity contribution in [2.24, 2.45) is 5.10 Å². The van der Waals surface area contributed by atoms with Crippen LogP contribution in [0.15, 0.2) is 99.8 Å². The fourth-order valence-corrected chi connectivity index (χ4v) is 5.20. The van der Waals surface area contributed by atoms with Gasteiger partial charge < -0.3 is 4.74 Å². The SMILES string of the molecule is CC(C)(C)OC(=O)[C@@H](Cc1ccccc1)NS(=O)(=O)c1ccc(/C=N/NS(=O)(=O)c2ccccc2)cc1. The molecule has 3 aromatic rings. The highest BCUT2D eigenvalue weighted by atomic mass is 32.2. The molecule has 0 fully saturated rings. The Hall–Kier alpha value is -3.54. The van der Waals surface area contributed by atoms with Crippen molar-refractivity contribution in [2.75, 3.05) is 0 Å². The van der Waals surface area contributed by atoms with Crippen molar-refractivity contribution in [3.05, 3.63) is 96.1 Å². The first-order valence-corrected chi connectivity index (χ1v) is 14.3. The minimum atomic E-state index is -4.08. The number of nitrogens with one attached hydrogen (secondary N) is 2. The number of hydrogen-bond acceptors (Lipinski definition) is 7. The molecule has 0 aliphatic heterocycles. The Kier molecular flexibility index (Phi) is 8.85. The number of carbonyl (C=O) groups excluding carboxylic acids is 1. The van der Waals surface area contributed by atoms with E-state index in [9.17, 15) is 21.6 Å². The van der Waals surface area contributed by atoms with Gasteiger partial charge in [0.1, 0.15) is 11.6 Å². The minimum Gasteiger partial charge on any atom is -0.459 e. The van der Waals surface area contributed by atoms with Crippen LogP contribution >= 0.6 is 0 Å². The predicted molar refractivity (Wildman–Crippen MR) is 141 cm³/mol. The molecule has 0 aliphatic carbocycles. The molecule has 3 aromatic carbocycles. The first-order chi connectivity index (χ1) is 17.4. The smallest absolute Gasteiger partial charge is 0.325 e. The van der Waals surface area contributed by atoms with Gasteiger partial charge in [-0.1, -0.05) is 60.7 Å². The summed E-state index contributed by atoms with van der Waals surface area (Å²) in [5.41, 5.74) is 0.439. The fourth-order valence-electron chi connectivity index (χ4n) is 3.21. The first kappa shape index (κ1) is 28.0. The Labute approximate surface area is 217 Å². The minimum absolute atomic E-state index is 0.0645. The Bertz CT molecular complexity index is 1430. The van der Waals surface area contributed by atoms with Crippen molar-refractivity contribution in [3.63, 3.8) is 0 Å². The van der Waals surface area contributed by atoms with Crippen molar-refractivity contribution in [2.45, 2.75) is 48.6 Å². The summed E-state index contributed by atoms with van der Waals surface area (Å²) in [6.07, 6.45) is 1.37. The van der Waals surface area contributed by atoms with Gasteiger partial charge in [-0.3, -0.25) is 4.79 Å². The summed E-state index contributed by atoms with van der Waals surface area (Å²) in [7, 11) is -7.90. The van der Waals surface area contributed by atoms with Gasteiger partial charge in [0.2, 0.25) is 10.0 Å². The van der Waals surface area contributed by atoms with E-state index in [1.54, 1.807) is 63.2 Å². The largest absolute Gasteiger partial charge is 0.459 e. The molecule has 0 bridgehead atoms. The van der Waals surface area contributed by atoms with Crippen LogP contribution in [0, 0.1) is 0 Å². The number of ether oxygens (including phenoxy) is 1. The van der Waals surface area contributed by atoms with E-state index in [1.165, 1.54) is 42.6 Å². The van der Waals surface area contributed by atoms with Gasteiger partial charge in [0.05, 0.1) is 16.0 Å². The Balaban J connectivity index is 1.73. The highest BCUT2D eigenvalue weighted by Gasteiger charge is 2.30. The van der Waals surface area contributed by atoms with Gasteiger partial charge in [0.15, 0.2) is 0 Å². The zero-order chi connectivity index (χ0) is 27.1. The maximum Gasteiger partial charge on any atom is 0.325 e. The molecule has 0 spiro atoms. The average Bonchev–Trinajstić information content (AvgIpc) is 2.84. The third kappa shape index (κ3) is 8.52. The molecule has 196 valence electrons. The number of hydrazone groups is 1. The van der Waals surface area contributed by atoms with Crippen molar-refractivity contribution in [3.8, 4) is 0 Å². The van der Waals surface area contributed by atoms with Crippen LogP contribution in [0.25, 0.3) is 0 Å². The lowest BCUT2D eigenvalue weighted by Gasteiger charge is -2.24. The Morgan fingerprint density at radius 2 is 1.38 bits per heavy atom. The van der Waals surface area contributed by atoms with Gasteiger partial charge in [0.25, 0.3) is 10.0 Å². The summed E-state index contributed by atoms with van der Waals surface area (Å²) in [6, 6.07) is 21.3. The van der Waals surface area contributed by atoms with E-state index in [0.29, 0.717) is 5.56 Å². The quantitative estimate of drug-likeness (QED) is 0.229. The van der Waals surface area contributed by atoms with Crippen LogP contribution in [0.4, 0.5) is 0 Å². The van der Waals surface area contributed by atoms with E-state index in [4.69, 9.17) is 4.74 Å². The van der Waals surface area contributed by atoms with E-state index in [-0.39, 0.29) is 16.2 Å². The van der Waals surface area contributed by atoms with Crippen molar-refractivity contribution < 1.29 is 26.4 Å². The van der Waals surface area contributed by atoms with Crippen LogP contribution in [0.5, 0.6) is 0 Å². The van der Waals surface area contributed by atoms with Gasteiger partial charge in [-0.2, -0.15) is 18.2 Å². The zero-order valence-electron chi connectivity index (χ0n) is 20.7. The molecular formula is C26H29N3O6S2. The number of sulfonamides is 2. The van der Waals surface area contributed by atoms with Crippen LogP contribution < -0.4 is 9.55 Å². The summed E-state index contributed by atoms with van der Waals surface area (Å²) in [6.45, 7) is 5.12. The molecule has 0 radical (unpaired) electrons. The van der Waals surface area contributed by atoms with Crippen molar-refractivity contribution in [1.29, 1.82) is 0 Å². The summed E-state index contributed by atoms with van der Waals surface area (Å²) in [4.78, 5) is 14.9. The monoisotopic (exact) mass is 543 g/mol. The molecule has 0 aromatic heterocycles. The summed E-state index contributed by atoms with van der Waals surface area (Å²) < 4.78 is 58.5. The molecule has 2 N–H and O–H groups in total. The van der Waals surface area contributed by atoms with Gasteiger partial charge in [-0.05, 0) is 62.6 Å². The summed E-state index contributed by atoms with van der Waals surface area (Å²) in [5, 5.41) is 3.74. The highest BCUT2D eigenvalue weighted by Crippen LogP contribution is 2.16. The van der Waals surface area contributed by atoms with E-state index < -0.39 is 37.7 Å². The topological polar surface area (TPSA) is 131 Å². The lowest BCUT2D eigenvalue weighted by Crippen LogP contribution is -2.45. The molecule has 0 aliphatic rings. The molecule has 0 heterocycles. The Morgan fingerprint density at radius 3 is 1.95 bits per heavy atom. The molecular weight excluding hydrogens is 514 g/mol. The molecule has 37 heavy (non-hydrogen) atoms. The second-order valence-corrected chi connectivity index (χ2v) is 12.5. The first-order valence-electron chi connectivity index (χ1n) is 11.3. The molecule has 0 saturated heterocycles. The predicted octanol–water partition coefficient (Wildman–Crippen LogP) is 3.23. The highest BCUT2D eigenvalue weighted by molar-refractivity contribution is 7.89.